The number of hydrogen-bond donors (Lipinski definition) is 1. The van der Waals surface area contributed by atoms with Crippen LogP contribution in [0, 0.1) is 11.8 Å². The summed E-state index contributed by atoms with van der Waals surface area (Å²) in [6.07, 6.45) is 4.59. The molecule has 2 heteroatoms. The van der Waals surface area contributed by atoms with Crippen molar-refractivity contribution in [2.45, 2.75) is 32.2 Å². The molecule has 0 aromatic carbocycles. The fourth-order valence-corrected chi connectivity index (χ4v) is 1.95. The number of fused-ring (bicyclic) bond motifs is 2. The summed E-state index contributed by atoms with van der Waals surface area (Å²) in [5.74, 6) is 0.707. The monoisotopic (exact) mass is 154 g/mol. The predicted molar refractivity (Wildman–Crippen MR) is 41.9 cm³/mol. The summed E-state index contributed by atoms with van der Waals surface area (Å²) in [6.45, 7) is 4.26. The summed E-state index contributed by atoms with van der Waals surface area (Å²) < 4.78 is 5.48. The maximum atomic E-state index is 9.36. The van der Waals surface area contributed by atoms with Gasteiger partial charge in [0.25, 0.3) is 0 Å². The van der Waals surface area contributed by atoms with Crippen molar-refractivity contribution in [3.8, 4) is 0 Å². The smallest absolute Gasteiger partial charge is 0.162 e. The van der Waals surface area contributed by atoms with Gasteiger partial charge in [0.2, 0.25) is 0 Å². The normalized spacial score (nSPS) is 47.6. The van der Waals surface area contributed by atoms with Crippen molar-refractivity contribution in [1.29, 1.82) is 0 Å². The lowest BCUT2D eigenvalue weighted by molar-refractivity contribution is -0.146. The number of rotatable bonds is 1. The maximum absolute atomic E-state index is 9.36. The van der Waals surface area contributed by atoms with Crippen molar-refractivity contribution in [2.24, 2.45) is 11.8 Å². The van der Waals surface area contributed by atoms with E-state index in [0.717, 1.165) is 6.42 Å². The molecule has 2 aliphatic rings. The minimum atomic E-state index is -0.553. The summed E-state index contributed by atoms with van der Waals surface area (Å²) in [6, 6.07) is 0. The molecule has 1 saturated heterocycles. The minimum Gasteiger partial charge on any atom is -0.367 e. The van der Waals surface area contributed by atoms with E-state index in [0.29, 0.717) is 5.92 Å². The van der Waals surface area contributed by atoms with E-state index in [1.807, 2.05) is 0 Å². The highest BCUT2D eigenvalue weighted by Crippen LogP contribution is 2.45. The largest absolute Gasteiger partial charge is 0.367 e. The predicted octanol–water partition coefficient (Wildman–Crippen LogP) is 1.31. The van der Waals surface area contributed by atoms with Crippen LogP contribution in [0.25, 0.3) is 0 Å². The van der Waals surface area contributed by atoms with E-state index in [1.54, 1.807) is 0 Å². The molecule has 0 radical (unpaired) electrons. The van der Waals surface area contributed by atoms with Gasteiger partial charge in [-0.25, -0.2) is 0 Å². The summed E-state index contributed by atoms with van der Waals surface area (Å²) >= 11 is 0. The summed E-state index contributed by atoms with van der Waals surface area (Å²) in [5, 5.41) is 9.36. The third-order valence-electron chi connectivity index (χ3n) is 2.86. The zero-order valence-electron chi connectivity index (χ0n) is 6.95. The Morgan fingerprint density at radius 3 is 2.64 bits per heavy atom. The van der Waals surface area contributed by atoms with Crippen molar-refractivity contribution >= 4 is 0 Å². The SMILES string of the molecule is CC(C)C12C=CC(C1)C(O)O2. The van der Waals surface area contributed by atoms with E-state index in [4.69, 9.17) is 4.74 Å². The van der Waals surface area contributed by atoms with Crippen LogP contribution in [0.15, 0.2) is 12.2 Å². The molecular formula is C9H14O2. The van der Waals surface area contributed by atoms with Crippen molar-refractivity contribution < 1.29 is 9.84 Å². The molecule has 2 nitrogen and oxygen atoms in total. The van der Waals surface area contributed by atoms with Crippen LogP contribution in [0.5, 0.6) is 0 Å². The van der Waals surface area contributed by atoms with Crippen LogP contribution in [0.4, 0.5) is 0 Å². The van der Waals surface area contributed by atoms with Gasteiger partial charge in [-0.15, -0.1) is 0 Å². The van der Waals surface area contributed by atoms with Crippen LogP contribution >= 0.6 is 0 Å². The zero-order chi connectivity index (χ0) is 8.06. The Bertz CT molecular complexity index is 198. The first-order valence-electron chi connectivity index (χ1n) is 4.19. The Labute approximate surface area is 66.9 Å². The van der Waals surface area contributed by atoms with Crippen LogP contribution in [0.3, 0.4) is 0 Å². The highest BCUT2D eigenvalue weighted by atomic mass is 16.6. The average molecular weight is 154 g/mol. The molecular weight excluding hydrogens is 140 g/mol. The van der Waals surface area contributed by atoms with Gasteiger partial charge < -0.3 is 9.84 Å². The standard InChI is InChI=1S/C9H14O2/c1-6(2)9-4-3-7(5-9)8(10)11-9/h3-4,6-8,10H,5H2,1-2H3. The van der Waals surface area contributed by atoms with Gasteiger partial charge in [0.15, 0.2) is 6.29 Å². The molecule has 11 heavy (non-hydrogen) atoms. The lowest BCUT2D eigenvalue weighted by atomic mass is 9.90. The average Bonchev–Trinajstić information content (AvgIpc) is 2.44. The van der Waals surface area contributed by atoms with Crippen molar-refractivity contribution in [2.75, 3.05) is 0 Å². The molecule has 3 atom stereocenters. The fourth-order valence-electron chi connectivity index (χ4n) is 1.95. The van der Waals surface area contributed by atoms with Crippen LogP contribution in [0.2, 0.25) is 0 Å². The Balaban J connectivity index is 2.25. The van der Waals surface area contributed by atoms with Crippen molar-refractivity contribution in [3.63, 3.8) is 0 Å². The minimum absolute atomic E-state index is 0.149. The second-order valence-electron chi connectivity index (χ2n) is 3.85. The van der Waals surface area contributed by atoms with Crippen LogP contribution in [-0.4, -0.2) is 17.0 Å². The first kappa shape index (κ1) is 7.32. The van der Waals surface area contributed by atoms with Gasteiger partial charge in [-0.05, 0) is 12.3 Å². The van der Waals surface area contributed by atoms with Crippen LogP contribution in [-0.2, 0) is 4.74 Å². The first-order chi connectivity index (χ1) is 5.14. The fraction of sp³-hybridized carbons (Fsp3) is 0.778. The summed E-state index contributed by atoms with van der Waals surface area (Å²) in [5.41, 5.74) is -0.149. The first-order valence-corrected chi connectivity index (χ1v) is 4.19. The molecule has 1 aliphatic carbocycles. The van der Waals surface area contributed by atoms with E-state index in [1.165, 1.54) is 0 Å². The molecule has 1 heterocycles. The van der Waals surface area contributed by atoms with E-state index in [-0.39, 0.29) is 11.5 Å². The van der Waals surface area contributed by atoms with Gasteiger partial charge in [-0.3, -0.25) is 0 Å². The number of aliphatic hydroxyl groups is 1. The quantitative estimate of drug-likeness (QED) is 0.577. The van der Waals surface area contributed by atoms with Crippen molar-refractivity contribution in [1.82, 2.24) is 0 Å². The van der Waals surface area contributed by atoms with Gasteiger partial charge >= 0.3 is 0 Å². The summed E-state index contributed by atoms with van der Waals surface area (Å²) in [7, 11) is 0. The maximum Gasteiger partial charge on any atom is 0.162 e. The second kappa shape index (κ2) is 2.08. The van der Waals surface area contributed by atoms with Gasteiger partial charge in [-0.1, -0.05) is 26.0 Å². The van der Waals surface area contributed by atoms with E-state index < -0.39 is 6.29 Å². The molecule has 2 rings (SSSR count). The molecule has 3 unspecified atom stereocenters. The highest BCUT2D eigenvalue weighted by molar-refractivity contribution is 5.19. The second-order valence-corrected chi connectivity index (χ2v) is 3.85. The highest BCUT2D eigenvalue weighted by Gasteiger charge is 2.49. The number of ether oxygens (including phenoxy) is 1. The molecule has 62 valence electrons. The lowest BCUT2D eigenvalue weighted by Crippen LogP contribution is -2.33. The molecule has 0 spiro atoms. The molecule has 0 aromatic heterocycles. The zero-order valence-corrected chi connectivity index (χ0v) is 6.95. The molecule has 1 aliphatic heterocycles. The Morgan fingerprint density at radius 2 is 2.36 bits per heavy atom. The topological polar surface area (TPSA) is 29.5 Å². The molecule has 0 amide bonds. The summed E-state index contributed by atoms with van der Waals surface area (Å²) in [4.78, 5) is 0. The lowest BCUT2D eigenvalue weighted by Gasteiger charge is -2.28. The molecule has 2 bridgehead atoms. The van der Waals surface area contributed by atoms with Gasteiger partial charge in [0.05, 0.1) is 5.60 Å². The third-order valence-corrected chi connectivity index (χ3v) is 2.86. The van der Waals surface area contributed by atoms with Crippen LogP contribution < -0.4 is 0 Å². The molecule has 1 N–H and O–H groups in total. The third kappa shape index (κ3) is 0.861. The van der Waals surface area contributed by atoms with Crippen molar-refractivity contribution in [3.05, 3.63) is 12.2 Å². The van der Waals surface area contributed by atoms with Crippen LogP contribution in [0.1, 0.15) is 20.3 Å². The van der Waals surface area contributed by atoms with E-state index in [9.17, 15) is 5.11 Å². The number of aliphatic hydroxyl groups excluding tert-OH is 1. The molecule has 0 saturated carbocycles. The van der Waals surface area contributed by atoms with Gasteiger partial charge in [0, 0.05) is 5.92 Å². The molecule has 1 fully saturated rings. The molecule has 0 aromatic rings. The van der Waals surface area contributed by atoms with Gasteiger partial charge in [-0.2, -0.15) is 0 Å². The van der Waals surface area contributed by atoms with E-state index >= 15 is 0 Å². The Morgan fingerprint density at radius 1 is 1.64 bits per heavy atom. The van der Waals surface area contributed by atoms with E-state index in [2.05, 4.69) is 26.0 Å². The Hall–Kier alpha value is -0.340. The van der Waals surface area contributed by atoms with Gasteiger partial charge in [0.1, 0.15) is 0 Å². The Kier molecular flexibility index (Phi) is 1.38. The number of hydrogen-bond acceptors (Lipinski definition) is 2.